The van der Waals surface area contributed by atoms with Crippen LogP contribution in [0.1, 0.15) is 36.3 Å². The van der Waals surface area contributed by atoms with Crippen LogP contribution in [0.3, 0.4) is 0 Å². The monoisotopic (exact) mass is 427 g/mol. The first-order valence-corrected chi connectivity index (χ1v) is 11.5. The number of carbonyl (C=O) groups excluding carboxylic acids is 1. The minimum atomic E-state index is -3.55. The molecule has 0 radical (unpaired) electrons. The van der Waals surface area contributed by atoms with Crippen LogP contribution in [0.4, 0.5) is 0 Å². The Bertz CT molecular complexity index is 1130. The number of carbonyl (C=O) groups is 1. The fourth-order valence-electron chi connectivity index (χ4n) is 3.31. The number of aromatic nitrogens is 1. The second-order valence-corrected chi connectivity index (χ2v) is 10.2. The maximum absolute atomic E-state index is 12.9. The van der Waals surface area contributed by atoms with Crippen molar-refractivity contribution in [3.8, 4) is 0 Å². The summed E-state index contributed by atoms with van der Waals surface area (Å²) in [7, 11) is -0.536. The third-order valence-corrected chi connectivity index (χ3v) is 6.89. The summed E-state index contributed by atoms with van der Waals surface area (Å²) in [5, 5.41) is 3.72. The van der Waals surface area contributed by atoms with Crippen LogP contribution >= 0.6 is 0 Å². The van der Waals surface area contributed by atoms with Gasteiger partial charge in [0.2, 0.25) is 10.0 Å². The highest BCUT2D eigenvalue weighted by molar-refractivity contribution is 7.89. The lowest BCUT2D eigenvalue weighted by Gasteiger charge is -2.13. The predicted molar refractivity (Wildman–Crippen MR) is 120 cm³/mol. The average Bonchev–Trinajstić information content (AvgIpc) is 3.06. The van der Waals surface area contributed by atoms with Crippen LogP contribution < -0.4 is 5.32 Å². The standard InChI is InChI=1S/C23H29N3O3S/c1-17(2)12-13-24-23(27)22-15-19-14-20(30(28,29)25(3)4)10-11-21(19)26(22)16-18-8-6-5-7-9-18/h5-11,14-15,17H,12-13,16H2,1-4H3,(H,24,27). The van der Waals surface area contributed by atoms with E-state index >= 15 is 0 Å². The van der Waals surface area contributed by atoms with Gasteiger partial charge < -0.3 is 9.88 Å². The average molecular weight is 428 g/mol. The molecule has 3 aromatic rings. The molecule has 30 heavy (non-hydrogen) atoms. The zero-order chi connectivity index (χ0) is 21.9. The van der Waals surface area contributed by atoms with Gasteiger partial charge in [0, 0.05) is 38.1 Å². The van der Waals surface area contributed by atoms with E-state index in [1.807, 2.05) is 34.9 Å². The summed E-state index contributed by atoms with van der Waals surface area (Å²) >= 11 is 0. The summed E-state index contributed by atoms with van der Waals surface area (Å²) in [5.74, 6) is 0.346. The van der Waals surface area contributed by atoms with Crippen LogP contribution in [-0.2, 0) is 16.6 Å². The number of sulfonamides is 1. The number of fused-ring (bicyclic) bond motifs is 1. The third-order valence-electron chi connectivity index (χ3n) is 5.07. The van der Waals surface area contributed by atoms with Crippen molar-refractivity contribution in [1.82, 2.24) is 14.2 Å². The van der Waals surface area contributed by atoms with E-state index in [9.17, 15) is 13.2 Å². The highest BCUT2D eigenvalue weighted by Gasteiger charge is 2.21. The predicted octanol–water partition coefficient (Wildman–Crippen LogP) is 3.72. The first kappa shape index (κ1) is 22.1. The second-order valence-electron chi connectivity index (χ2n) is 8.05. The van der Waals surface area contributed by atoms with Gasteiger partial charge in [-0.3, -0.25) is 4.79 Å². The van der Waals surface area contributed by atoms with Crippen LogP contribution in [0.2, 0.25) is 0 Å². The van der Waals surface area contributed by atoms with Crippen molar-refractivity contribution in [3.63, 3.8) is 0 Å². The zero-order valence-electron chi connectivity index (χ0n) is 17.9. The van der Waals surface area contributed by atoms with Gasteiger partial charge >= 0.3 is 0 Å². The molecule has 0 atom stereocenters. The molecule has 1 amide bonds. The Morgan fingerprint density at radius 1 is 1.07 bits per heavy atom. The molecule has 0 unspecified atom stereocenters. The molecule has 2 aromatic carbocycles. The molecule has 3 rings (SSSR count). The van der Waals surface area contributed by atoms with Gasteiger partial charge in [0.1, 0.15) is 5.69 Å². The largest absolute Gasteiger partial charge is 0.351 e. The Balaban J connectivity index is 2.05. The Morgan fingerprint density at radius 3 is 2.40 bits per heavy atom. The van der Waals surface area contributed by atoms with Gasteiger partial charge in [-0.15, -0.1) is 0 Å². The van der Waals surface area contributed by atoms with Gasteiger partial charge in [-0.1, -0.05) is 44.2 Å². The number of nitrogens with one attached hydrogen (secondary N) is 1. The van der Waals surface area contributed by atoms with Gasteiger partial charge in [0.15, 0.2) is 0 Å². The second kappa shape index (κ2) is 9.02. The number of hydrogen-bond donors (Lipinski definition) is 1. The van der Waals surface area contributed by atoms with Crippen molar-refractivity contribution >= 4 is 26.8 Å². The number of amides is 1. The summed E-state index contributed by atoms with van der Waals surface area (Å²) in [6.45, 7) is 5.36. The molecule has 1 N–H and O–H groups in total. The van der Waals surface area contributed by atoms with E-state index in [4.69, 9.17) is 0 Å². The molecule has 7 heteroatoms. The van der Waals surface area contributed by atoms with Gasteiger partial charge in [0.25, 0.3) is 5.91 Å². The van der Waals surface area contributed by atoms with E-state index < -0.39 is 10.0 Å². The van der Waals surface area contributed by atoms with Crippen molar-refractivity contribution in [3.05, 3.63) is 65.9 Å². The zero-order valence-corrected chi connectivity index (χ0v) is 18.7. The van der Waals surface area contributed by atoms with Gasteiger partial charge in [-0.05, 0) is 42.2 Å². The van der Waals surface area contributed by atoms with Crippen LogP contribution in [0.25, 0.3) is 10.9 Å². The van der Waals surface area contributed by atoms with Crippen LogP contribution in [0.5, 0.6) is 0 Å². The van der Waals surface area contributed by atoms with Gasteiger partial charge in [-0.2, -0.15) is 0 Å². The van der Waals surface area contributed by atoms with Crippen molar-refractivity contribution < 1.29 is 13.2 Å². The first-order valence-electron chi connectivity index (χ1n) is 10.1. The van der Waals surface area contributed by atoms with Gasteiger partial charge in [-0.25, -0.2) is 12.7 Å². The maximum atomic E-state index is 12.9. The molecule has 0 aliphatic carbocycles. The lowest BCUT2D eigenvalue weighted by molar-refractivity contribution is 0.0943. The lowest BCUT2D eigenvalue weighted by Crippen LogP contribution is -2.27. The summed E-state index contributed by atoms with van der Waals surface area (Å²) in [5.41, 5.74) is 2.42. The molecule has 0 saturated carbocycles. The van der Waals surface area contributed by atoms with Crippen LogP contribution in [0.15, 0.2) is 59.5 Å². The molecule has 1 heterocycles. The third kappa shape index (κ3) is 4.74. The molecule has 0 aliphatic heterocycles. The van der Waals surface area contributed by atoms with E-state index in [0.717, 1.165) is 22.9 Å². The topological polar surface area (TPSA) is 71.4 Å². The Hall–Kier alpha value is -2.64. The summed E-state index contributed by atoms with van der Waals surface area (Å²) in [4.78, 5) is 13.2. The highest BCUT2D eigenvalue weighted by Crippen LogP contribution is 2.26. The number of hydrogen-bond acceptors (Lipinski definition) is 3. The fourth-order valence-corrected chi connectivity index (χ4v) is 4.25. The SMILES string of the molecule is CC(C)CCNC(=O)c1cc2cc(S(=O)(=O)N(C)C)ccc2n1Cc1ccccc1. The van der Waals surface area contributed by atoms with Crippen molar-refractivity contribution in [2.45, 2.75) is 31.7 Å². The number of benzene rings is 2. The van der Waals surface area contributed by atoms with E-state index in [2.05, 4.69) is 19.2 Å². The molecule has 0 fully saturated rings. The minimum absolute atomic E-state index is 0.153. The Kier molecular flexibility index (Phi) is 6.63. The Labute approximate surface area is 178 Å². The lowest BCUT2D eigenvalue weighted by atomic mass is 10.1. The molecule has 0 saturated heterocycles. The van der Waals surface area contributed by atoms with E-state index in [0.29, 0.717) is 24.7 Å². The van der Waals surface area contributed by atoms with Crippen LogP contribution in [0, 0.1) is 5.92 Å². The molecule has 6 nitrogen and oxygen atoms in total. The van der Waals surface area contributed by atoms with Crippen molar-refractivity contribution in [2.24, 2.45) is 5.92 Å². The molecule has 160 valence electrons. The normalized spacial score (nSPS) is 12.1. The van der Waals surface area contributed by atoms with Crippen molar-refractivity contribution in [2.75, 3.05) is 20.6 Å². The smallest absolute Gasteiger partial charge is 0.267 e. The molecular formula is C23H29N3O3S. The summed E-state index contributed by atoms with van der Waals surface area (Å²) in [6, 6.07) is 16.7. The molecule has 0 aliphatic rings. The van der Waals surface area contributed by atoms with Crippen LogP contribution in [-0.4, -0.2) is 43.8 Å². The minimum Gasteiger partial charge on any atom is -0.351 e. The van der Waals surface area contributed by atoms with E-state index in [1.54, 1.807) is 24.3 Å². The molecular weight excluding hydrogens is 398 g/mol. The number of nitrogens with zero attached hydrogens (tertiary/aromatic N) is 2. The molecule has 0 spiro atoms. The fraction of sp³-hybridized carbons (Fsp3) is 0.348. The van der Waals surface area contributed by atoms with E-state index in [-0.39, 0.29) is 10.8 Å². The van der Waals surface area contributed by atoms with E-state index in [1.165, 1.54) is 18.4 Å². The van der Waals surface area contributed by atoms with Crippen molar-refractivity contribution in [1.29, 1.82) is 0 Å². The highest BCUT2D eigenvalue weighted by atomic mass is 32.2. The molecule has 1 aromatic heterocycles. The number of rotatable bonds is 8. The quantitative estimate of drug-likeness (QED) is 0.596. The van der Waals surface area contributed by atoms with Gasteiger partial charge in [0.05, 0.1) is 4.90 Å². The first-order chi connectivity index (χ1) is 14.2. The summed E-state index contributed by atoms with van der Waals surface area (Å²) in [6.07, 6.45) is 0.899. The maximum Gasteiger partial charge on any atom is 0.267 e. The molecule has 0 bridgehead atoms. The Morgan fingerprint density at radius 2 is 1.77 bits per heavy atom. The summed E-state index contributed by atoms with van der Waals surface area (Å²) < 4.78 is 28.2.